The molecule has 0 aliphatic carbocycles. The van der Waals surface area contributed by atoms with E-state index in [1.54, 1.807) is 42.5 Å². The third-order valence-corrected chi connectivity index (χ3v) is 6.42. The lowest BCUT2D eigenvalue weighted by atomic mass is 10.1. The third kappa shape index (κ3) is 4.25. The fourth-order valence-corrected chi connectivity index (χ4v) is 3.73. The summed E-state index contributed by atoms with van der Waals surface area (Å²) in [5.74, 6) is 0. The summed E-state index contributed by atoms with van der Waals surface area (Å²) in [6, 6.07) is 13.7. The average Bonchev–Trinajstić information content (AvgIpc) is 3.12. The molecule has 0 bridgehead atoms. The minimum atomic E-state index is -3.51. The smallest absolute Gasteiger partial charge is 0.327 e. The van der Waals surface area contributed by atoms with E-state index < -0.39 is 15.7 Å². The van der Waals surface area contributed by atoms with Crippen LogP contribution in [0.3, 0.4) is 0 Å². The summed E-state index contributed by atoms with van der Waals surface area (Å²) in [5.41, 5.74) is 7.44. The lowest BCUT2D eigenvalue weighted by molar-refractivity contribution is 0.521. The molecule has 0 unspecified atom stereocenters. The number of hydrogen-bond acceptors (Lipinski definition) is 5. The maximum atomic E-state index is 12.8. The van der Waals surface area contributed by atoms with Gasteiger partial charge >= 0.3 is 5.69 Å². The molecule has 30 heavy (non-hydrogen) atoms. The molecule has 0 radical (unpaired) electrons. The van der Waals surface area contributed by atoms with Crippen molar-refractivity contribution in [3.05, 3.63) is 77.2 Å². The van der Waals surface area contributed by atoms with Gasteiger partial charge < -0.3 is 5.73 Å². The van der Waals surface area contributed by atoms with Gasteiger partial charge in [0.05, 0.1) is 23.5 Å². The second-order valence-corrected chi connectivity index (χ2v) is 8.93. The molecule has 0 saturated heterocycles. The normalized spacial score (nSPS) is 12.5. The van der Waals surface area contributed by atoms with E-state index in [1.807, 2.05) is 6.07 Å². The molecule has 0 spiro atoms. The lowest BCUT2D eigenvalue weighted by Gasteiger charge is -2.12. The Morgan fingerprint density at radius 3 is 2.47 bits per heavy atom. The van der Waals surface area contributed by atoms with E-state index >= 15 is 0 Å². The molecular weight excluding hydrogens is 409 g/mol. The Morgan fingerprint density at radius 2 is 1.87 bits per heavy atom. The van der Waals surface area contributed by atoms with E-state index in [4.69, 9.17) is 5.73 Å². The van der Waals surface area contributed by atoms with Gasteiger partial charge in [0, 0.05) is 20.6 Å². The molecule has 3 aromatic rings. The van der Waals surface area contributed by atoms with Crippen molar-refractivity contribution in [1.29, 1.82) is 0 Å². The van der Waals surface area contributed by atoms with Gasteiger partial charge in [-0.2, -0.15) is 5.10 Å². The van der Waals surface area contributed by atoms with Gasteiger partial charge in [0.25, 0.3) is 0 Å². The molecule has 0 amide bonds. The number of nitrogens with two attached hydrogens (primary N) is 1. The minimum Gasteiger partial charge on any atom is -0.327 e. The number of hydrogen-bond donors (Lipinski definition) is 1. The third-order valence-electron chi connectivity index (χ3n) is 4.59. The first-order chi connectivity index (χ1) is 14.3. The van der Waals surface area contributed by atoms with Crippen LogP contribution >= 0.6 is 0 Å². The Kier molecular flexibility index (Phi) is 6.30. The summed E-state index contributed by atoms with van der Waals surface area (Å²) in [7, 11) is -0.554. The number of halogens is 1. The number of rotatable bonds is 7. The van der Waals surface area contributed by atoms with Crippen LogP contribution in [-0.2, 0) is 16.6 Å². The van der Waals surface area contributed by atoms with Crippen molar-refractivity contribution in [2.45, 2.75) is 11.4 Å². The van der Waals surface area contributed by atoms with Crippen LogP contribution in [0.25, 0.3) is 16.8 Å². The van der Waals surface area contributed by atoms with Crippen molar-refractivity contribution < 1.29 is 12.8 Å². The second-order valence-electron chi connectivity index (χ2n) is 6.77. The summed E-state index contributed by atoms with van der Waals surface area (Å²) in [6.45, 7) is -0.0365. The van der Waals surface area contributed by atoms with Crippen LogP contribution in [0.2, 0.25) is 0 Å². The monoisotopic (exact) mass is 431 g/mol. The van der Waals surface area contributed by atoms with Gasteiger partial charge in [-0.25, -0.2) is 31.2 Å². The summed E-state index contributed by atoms with van der Waals surface area (Å²) < 4.78 is 40.8. The molecule has 2 aromatic carbocycles. The Hall–Kier alpha value is -3.08. The van der Waals surface area contributed by atoms with Crippen LogP contribution in [-0.4, -0.2) is 47.7 Å². The lowest BCUT2D eigenvalue weighted by Crippen LogP contribution is -2.25. The van der Waals surface area contributed by atoms with E-state index in [2.05, 4.69) is 5.10 Å². The van der Waals surface area contributed by atoms with Gasteiger partial charge in [0.15, 0.2) is 0 Å². The predicted molar refractivity (Wildman–Crippen MR) is 112 cm³/mol. The predicted octanol–water partition coefficient (Wildman–Crippen LogP) is 1.76. The number of sulfonamides is 1. The first-order valence-electron chi connectivity index (χ1n) is 9.04. The number of benzene rings is 2. The SMILES string of the molecule is CN(C)S(=O)(=O)c1ccc(-c2cccc(-n3cnn(C/C(=C/F)CN)c3=O)c2)cc1. The second kappa shape index (κ2) is 8.74. The molecule has 0 atom stereocenters. The zero-order valence-corrected chi connectivity index (χ0v) is 17.4. The van der Waals surface area contributed by atoms with E-state index in [0.29, 0.717) is 12.0 Å². The minimum absolute atomic E-state index is 0.00910. The van der Waals surface area contributed by atoms with Crippen LogP contribution < -0.4 is 11.4 Å². The molecule has 1 aromatic heterocycles. The van der Waals surface area contributed by atoms with Crippen LogP contribution in [0, 0.1) is 0 Å². The molecular formula is C20H22FN5O3S. The first-order valence-corrected chi connectivity index (χ1v) is 10.5. The fraction of sp³-hybridized carbons (Fsp3) is 0.200. The molecule has 1 heterocycles. The van der Waals surface area contributed by atoms with Crippen molar-refractivity contribution >= 4 is 10.0 Å². The zero-order valence-electron chi connectivity index (χ0n) is 16.6. The van der Waals surface area contributed by atoms with E-state index in [9.17, 15) is 17.6 Å². The maximum absolute atomic E-state index is 12.8. The first kappa shape index (κ1) is 21.6. The Morgan fingerprint density at radius 1 is 1.17 bits per heavy atom. The molecule has 0 fully saturated rings. The molecule has 0 aliphatic heterocycles. The quantitative estimate of drug-likeness (QED) is 0.614. The standard InChI is InChI=1S/C20H22FN5O3S/c1-24(2)30(28,29)19-8-6-16(7-9-19)17-4-3-5-18(10-17)25-14-23-26(20(25)27)13-15(11-21)12-22/h3-11,14H,12-13,22H2,1-2H3/b15-11+. The maximum Gasteiger partial charge on any atom is 0.350 e. The van der Waals surface area contributed by atoms with Gasteiger partial charge in [-0.1, -0.05) is 24.3 Å². The van der Waals surface area contributed by atoms with Gasteiger partial charge in [0.1, 0.15) is 6.33 Å². The average molecular weight is 431 g/mol. The van der Waals surface area contributed by atoms with Crippen LogP contribution in [0.4, 0.5) is 4.39 Å². The summed E-state index contributed by atoms with van der Waals surface area (Å²) >= 11 is 0. The summed E-state index contributed by atoms with van der Waals surface area (Å²) in [6.07, 6.45) is 1.74. The zero-order chi connectivity index (χ0) is 21.9. The highest BCUT2D eigenvalue weighted by molar-refractivity contribution is 7.89. The molecule has 10 heteroatoms. The Bertz CT molecular complexity index is 1230. The molecule has 3 rings (SSSR count). The van der Waals surface area contributed by atoms with Crippen molar-refractivity contribution in [3.63, 3.8) is 0 Å². The highest BCUT2D eigenvalue weighted by Gasteiger charge is 2.17. The van der Waals surface area contributed by atoms with Crippen molar-refractivity contribution in [2.75, 3.05) is 20.6 Å². The number of nitrogens with zero attached hydrogens (tertiary/aromatic N) is 4. The van der Waals surface area contributed by atoms with Crippen molar-refractivity contribution in [3.8, 4) is 16.8 Å². The molecule has 0 aliphatic rings. The van der Waals surface area contributed by atoms with E-state index in [1.165, 1.54) is 25.0 Å². The van der Waals surface area contributed by atoms with Crippen LogP contribution in [0.15, 0.2) is 76.5 Å². The van der Waals surface area contributed by atoms with Gasteiger partial charge in [-0.15, -0.1) is 0 Å². The molecule has 158 valence electrons. The summed E-state index contributed by atoms with van der Waals surface area (Å²) in [4.78, 5) is 12.8. The van der Waals surface area contributed by atoms with Crippen molar-refractivity contribution in [2.24, 2.45) is 5.73 Å². The van der Waals surface area contributed by atoms with Crippen molar-refractivity contribution in [1.82, 2.24) is 18.7 Å². The largest absolute Gasteiger partial charge is 0.350 e. The number of aromatic nitrogens is 3. The summed E-state index contributed by atoms with van der Waals surface area (Å²) in [5, 5.41) is 4.02. The Balaban J connectivity index is 1.93. The topological polar surface area (TPSA) is 103 Å². The van der Waals surface area contributed by atoms with E-state index in [0.717, 1.165) is 20.1 Å². The van der Waals surface area contributed by atoms with Gasteiger partial charge in [-0.3, -0.25) is 0 Å². The highest BCUT2D eigenvalue weighted by Crippen LogP contribution is 2.24. The van der Waals surface area contributed by atoms with Crippen LogP contribution in [0.5, 0.6) is 0 Å². The highest BCUT2D eigenvalue weighted by atomic mass is 32.2. The molecule has 2 N–H and O–H groups in total. The van der Waals surface area contributed by atoms with Gasteiger partial charge in [0.2, 0.25) is 10.0 Å². The van der Waals surface area contributed by atoms with Crippen LogP contribution in [0.1, 0.15) is 0 Å². The molecule has 0 saturated carbocycles. The van der Waals surface area contributed by atoms with E-state index in [-0.39, 0.29) is 23.6 Å². The fourth-order valence-electron chi connectivity index (χ4n) is 2.82. The van der Waals surface area contributed by atoms with Gasteiger partial charge in [-0.05, 0) is 41.0 Å². The molecule has 8 nitrogen and oxygen atoms in total. The Labute approximate surface area is 173 Å².